The van der Waals surface area contributed by atoms with E-state index in [0.29, 0.717) is 24.7 Å². The fraction of sp³-hybridized carbons (Fsp3) is 0.120. The van der Waals surface area contributed by atoms with Crippen LogP contribution in [0.4, 0.5) is 0 Å². The standard InChI is InChI=1S/C25H19N5O2/c1-2-4-22-18(3-1)14-27-24(29-22)16-32-19-5-6-20-23(13-19)31-12-11-30-25(20)21(15-28-30)17-7-9-26-10-8-17/h1-10,13-15H,11-12,16H2. The van der Waals surface area contributed by atoms with Crippen molar-refractivity contribution in [3.63, 3.8) is 0 Å². The van der Waals surface area contributed by atoms with Crippen molar-refractivity contribution in [1.82, 2.24) is 24.7 Å². The molecule has 3 aromatic heterocycles. The van der Waals surface area contributed by atoms with Crippen LogP contribution in [0.2, 0.25) is 0 Å². The minimum absolute atomic E-state index is 0.282. The fourth-order valence-electron chi connectivity index (χ4n) is 3.96. The first-order valence-corrected chi connectivity index (χ1v) is 10.4. The number of aromatic nitrogens is 5. The van der Waals surface area contributed by atoms with Gasteiger partial charge in [-0.2, -0.15) is 5.10 Å². The summed E-state index contributed by atoms with van der Waals surface area (Å²) < 4.78 is 14.0. The molecule has 7 nitrogen and oxygen atoms in total. The molecule has 0 saturated carbocycles. The Morgan fingerprint density at radius 2 is 1.88 bits per heavy atom. The molecule has 1 aliphatic heterocycles. The lowest BCUT2D eigenvalue weighted by atomic mass is 10.0. The number of benzene rings is 2. The van der Waals surface area contributed by atoms with Gasteiger partial charge in [-0.15, -0.1) is 0 Å². The number of nitrogens with zero attached hydrogens (tertiary/aromatic N) is 5. The summed E-state index contributed by atoms with van der Waals surface area (Å²) in [5, 5.41) is 5.59. The third kappa shape index (κ3) is 3.33. The van der Waals surface area contributed by atoms with Gasteiger partial charge < -0.3 is 9.47 Å². The van der Waals surface area contributed by atoms with Crippen LogP contribution in [0.25, 0.3) is 33.3 Å². The predicted octanol–water partition coefficient (Wildman–Crippen LogP) is 4.53. The first-order chi connectivity index (χ1) is 15.8. The highest BCUT2D eigenvalue weighted by Crippen LogP contribution is 2.40. The van der Waals surface area contributed by atoms with Gasteiger partial charge in [-0.3, -0.25) is 9.67 Å². The van der Waals surface area contributed by atoms with E-state index < -0.39 is 0 Å². The molecule has 6 rings (SSSR count). The molecule has 0 aliphatic carbocycles. The Morgan fingerprint density at radius 3 is 2.81 bits per heavy atom. The molecular weight excluding hydrogens is 402 g/mol. The molecule has 1 aliphatic rings. The van der Waals surface area contributed by atoms with Crippen LogP contribution in [0.1, 0.15) is 5.82 Å². The summed E-state index contributed by atoms with van der Waals surface area (Å²) in [4.78, 5) is 13.1. The van der Waals surface area contributed by atoms with E-state index >= 15 is 0 Å². The lowest BCUT2D eigenvalue weighted by molar-refractivity contribution is 0.284. The lowest BCUT2D eigenvalue weighted by Crippen LogP contribution is -2.06. The Labute approximate surface area is 184 Å². The summed E-state index contributed by atoms with van der Waals surface area (Å²) in [5.74, 6) is 2.12. The molecule has 32 heavy (non-hydrogen) atoms. The smallest absolute Gasteiger partial charge is 0.166 e. The van der Waals surface area contributed by atoms with Gasteiger partial charge in [0.1, 0.15) is 24.7 Å². The van der Waals surface area contributed by atoms with E-state index in [2.05, 4.69) is 20.1 Å². The van der Waals surface area contributed by atoms with Gasteiger partial charge >= 0.3 is 0 Å². The number of rotatable bonds is 4. The molecule has 0 amide bonds. The fourth-order valence-corrected chi connectivity index (χ4v) is 3.96. The van der Waals surface area contributed by atoms with E-state index in [0.717, 1.165) is 39.0 Å². The molecule has 2 aromatic carbocycles. The first kappa shape index (κ1) is 18.5. The third-order valence-electron chi connectivity index (χ3n) is 5.51. The van der Waals surface area contributed by atoms with Crippen molar-refractivity contribution in [2.45, 2.75) is 13.2 Å². The predicted molar refractivity (Wildman–Crippen MR) is 120 cm³/mol. The lowest BCUT2D eigenvalue weighted by Gasteiger charge is -2.12. The summed E-state index contributed by atoms with van der Waals surface area (Å²) in [6, 6.07) is 17.8. The highest BCUT2D eigenvalue weighted by Gasteiger charge is 2.21. The molecule has 0 atom stereocenters. The Balaban J connectivity index is 1.30. The van der Waals surface area contributed by atoms with Crippen LogP contribution in [0.5, 0.6) is 11.5 Å². The van der Waals surface area contributed by atoms with Crippen molar-refractivity contribution < 1.29 is 9.47 Å². The summed E-state index contributed by atoms with van der Waals surface area (Å²) in [6.07, 6.45) is 7.31. The average molecular weight is 421 g/mol. The largest absolute Gasteiger partial charge is 0.491 e. The number of fused-ring (bicyclic) bond motifs is 4. The molecule has 0 unspecified atom stereocenters. The van der Waals surface area contributed by atoms with Crippen molar-refractivity contribution in [1.29, 1.82) is 0 Å². The summed E-state index contributed by atoms with van der Waals surface area (Å²) in [6.45, 7) is 1.49. The van der Waals surface area contributed by atoms with Crippen LogP contribution in [0, 0.1) is 0 Å². The van der Waals surface area contributed by atoms with Crippen molar-refractivity contribution in [3.05, 3.63) is 85.2 Å². The monoisotopic (exact) mass is 421 g/mol. The van der Waals surface area contributed by atoms with Crippen LogP contribution >= 0.6 is 0 Å². The summed E-state index contributed by atoms with van der Waals surface area (Å²) in [7, 11) is 0. The van der Waals surface area contributed by atoms with Crippen LogP contribution in [0.3, 0.4) is 0 Å². The maximum absolute atomic E-state index is 6.05. The van der Waals surface area contributed by atoms with E-state index in [1.54, 1.807) is 12.4 Å². The molecule has 7 heteroatoms. The number of para-hydroxylation sites is 1. The topological polar surface area (TPSA) is 75.0 Å². The SMILES string of the molecule is c1ccc2nc(COc3ccc4c(c3)OCCn3ncc(-c5ccncc5)c3-4)ncc2c1. The van der Waals surface area contributed by atoms with Crippen molar-refractivity contribution in [3.8, 4) is 33.9 Å². The van der Waals surface area contributed by atoms with Gasteiger partial charge in [0, 0.05) is 41.2 Å². The number of hydrogen-bond donors (Lipinski definition) is 0. The minimum Gasteiger partial charge on any atom is -0.491 e. The summed E-state index contributed by atoms with van der Waals surface area (Å²) in [5.41, 5.74) is 5.05. The van der Waals surface area contributed by atoms with Crippen molar-refractivity contribution in [2.24, 2.45) is 0 Å². The number of ether oxygens (including phenoxy) is 2. The Kier molecular flexibility index (Phi) is 4.50. The average Bonchev–Trinajstić information content (AvgIpc) is 3.18. The normalized spacial score (nSPS) is 12.5. The van der Waals surface area contributed by atoms with Gasteiger partial charge in [0.15, 0.2) is 5.82 Å². The van der Waals surface area contributed by atoms with E-state index in [1.165, 1.54) is 0 Å². The van der Waals surface area contributed by atoms with Crippen LogP contribution in [-0.2, 0) is 13.2 Å². The molecule has 0 bridgehead atoms. The second-order valence-electron chi connectivity index (χ2n) is 7.51. The zero-order chi connectivity index (χ0) is 21.3. The van der Waals surface area contributed by atoms with E-state index in [1.807, 2.05) is 71.7 Å². The molecule has 4 heterocycles. The van der Waals surface area contributed by atoms with E-state index in [9.17, 15) is 0 Å². The van der Waals surface area contributed by atoms with Gasteiger partial charge in [-0.05, 0) is 35.9 Å². The molecular formula is C25H19N5O2. The summed E-state index contributed by atoms with van der Waals surface area (Å²) >= 11 is 0. The van der Waals surface area contributed by atoms with Gasteiger partial charge in [-0.25, -0.2) is 9.97 Å². The molecule has 0 radical (unpaired) electrons. The zero-order valence-corrected chi connectivity index (χ0v) is 17.2. The van der Waals surface area contributed by atoms with Crippen LogP contribution in [-0.4, -0.2) is 31.3 Å². The first-order valence-electron chi connectivity index (χ1n) is 10.4. The van der Waals surface area contributed by atoms with E-state index in [-0.39, 0.29) is 6.61 Å². The third-order valence-corrected chi connectivity index (χ3v) is 5.51. The Hall–Kier alpha value is -4.26. The van der Waals surface area contributed by atoms with Crippen LogP contribution in [0.15, 0.2) is 79.4 Å². The quantitative estimate of drug-likeness (QED) is 0.425. The number of hydrogen-bond acceptors (Lipinski definition) is 6. The molecule has 156 valence electrons. The van der Waals surface area contributed by atoms with Gasteiger partial charge in [0.25, 0.3) is 0 Å². The molecule has 5 aromatic rings. The Bertz CT molecular complexity index is 1410. The highest BCUT2D eigenvalue weighted by molar-refractivity contribution is 5.84. The van der Waals surface area contributed by atoms with Crippen molar-refractivity contribution >= 4 is 10.9 Å². The molecule has 0 spiro atoms. The van der Waals surface area contributed by atoms with E-state index in [4.69, 9.17) is 9.47 Å². The Morgan fingerprint density at radius 1 is 0.969 bits per heavy atom. The maximum atomic E-state index is 6.05. The molecule has 0 N–H and O–H groups in total. The zero-order valence-electron chi connectivity index (χ0n) is 17.2. The second kappa shape index (κ2) is 7.77. The minimum atomic E-state index is 0.282. The molecule has 0 fully saturated rings. The number of pyridine rings is 1. The molecule has 0 saturated heterocycles. The highest BCUT2D eigenvalue weighted by atomic mass is 16.5. The van der Waals surface area contributed by atoms with Crippen molar-refractivity contribution in [2.75, 3.05) is 6.61 Å². The maximum Gasteiger partial charge on any atom is 0.166 e. The van der Waals surface area contributed by atoms with Gasteiger partial charge in [0.2, 0.25) is 0 Å². The van der Waals surface area contributed by atoms with Gasteiger partial charge in [-0.1, -0.05) is 18.2 Å². The second-order valence-corrected chi connectivity index (χ2v) is 7.51. The van der Waals surface area contributed by atoms with Gasteiger partial charge in [0.05, 0.1) is 24.0 Å². The van der Waals surface area contributed by atoms with Crippen LogP contribution < -0.4 is 9.47 Å².